The van der Waals surface area contributed by atoms with Gasteiger partial charge in [-0.1, -0.05) is 33.6 Å². The minimum atomic E-state index is 0.125. The number of halogens is 1. The lowest BCUT2D eigenvalue weighted by Crippen LogP contribution is -3.11. The number of carbonyl (C=O) groups excluding carboxylic acids is 1. The van der Waals surface area contributed by atoms with Crippen LogP contribution in [-0.2, 0) is 0 Å². The molecular formula is C20H22BrN2O+. The molecule has 124 valence electrons. The van der Waals surface area contributed by atoms with E-state index in [2.05, 4.69) is 53.0 Å². The van der Waals surface area contributed by atoms with E-state index in [0.717, 1.165) is 35.2 Å². The fraction of sp³-hybridized carbons (Fsp3) is 0.350. The first-order chi connectivity index (χ1) is 11.5. The molecule has 0 aromatic heterocycles. The Balaban J connectivity index is 1.77. The number of carbonyl (C=O) groups is 1. The third-order valence-electron chi connectivity index (χ3n) is 5.38. The van der Waals surface area contributed by atoms with Crippen molar-refractivity contribution >= 4 is 27.5 Å². The summed E-state index contributed by atoms with van der Waals surface area (Å²) in [6.45, 7) is 4.36. The first kappa shape index (κ1) is 15.9. The van der Waals surface area contributed by atoms with Gasteiger partial charge in [0, 0.05) is 22.1 Å². The maximum absolute atomic E-state index is 13.2. The van der Waals surface area contributed by atoms with Gasteiger partial charge < -0.3 is 9.80 Å². The molecule has 2 heterocycles. The lowest BCUT2D eigenvalue weighted by molar-refractivity contribution is -0.886. The number of benzene rings is 2. The second kappa shape index (κ2) is 6.01. The minimum Gasteiger partial charge on any atom is -0.337 e. The Kier molecular flexibility index (Phi) is 3.97. The number of piperidine rings is 1. The molecule has 1 saturated heterocycles. The number of aryl methyl sites for hydroxylation is 1. The van der Waals surface area contributed by atoms with Gasteiger partial charge in [0.1, 0.15) is 0 Å². The number of hydrogen-bond donors (Lipinski definition) is 1. The largest absolute Gasteiger partial charge is 0.337 e. The Bertz CT molecular complexity index is 787. The van der Waals surface area contributed by atoms with Gasteiger partial charge in [-0.25, -0.2) is 0 Å². The molecule has 1 unspecified atom stereocenters. The molecule has 24 heavy (non-hydrogen) atoms. The Labute approximate surface area is 151 Å². The molecule has 4 rings (SSSR count). The van der Waals surface area contributed by atoms with Crippen LogP contribution in [0, 0.1) is 6.92 Å². The average molecular weight is 386 g/mol. The third kappa shape index (κ3) is 2.58. The van der Waals surface area contributed by atoms with E-state index in [1.54, 1.807) is 4.90 Å². The van der Waals surface area contributed by atoms with Crippen LogP contribution in [0.2, 0.25) is 0 Å². The zero-order chi connectivity index (χ0) is 16.8. The molecule has 0 spiro atoms. The first-order valence-corrected chi connectivity index (χ1v) is 9.35. The summed E-state index contributed by atoms with van der Waals surface area (Å²) < 4.78 is 0.997. The summed E-state index contributed by atoms with van der Waals surface area (Å²) in [6.07, 6.45) is 1.06. The maximum atomic E-state index is 13.2. The molecule has 3 nitrogen and oxygen atoms in total. The van der Waals surface area contributed by atoms with Crippen LogP contribution < -0.4 is 9.80 Å². The standard InChI is InChI=1S/C20H21BrN2O/c1-13-3-8-18-16(11-13)17-12-22(2)10-9-19(17)23(18)20(24)14-4-6-15(21)7-5-14/h3-8,11,17,19H,9-10,12H2,1-2H3/p+1/t17-,19-/m0/s1. The van der Waals surface area contributed by atoms with Crippen LogP contribution >= 0.6 is 15.9 Å². The van der Waals surface area contributed by atoms with Gasteiger partial charge >= 0.3 is 0 Å². The summed E-state index contributed by atoms with van der Waals surface area (Å²) in [6, 6.07) is 14.5. The molecule has 2 aromatic rings. The molecule has 2 aliphatic rings. The lowest BCUT2D eigenvalue weighted by Gasteiger charge is -2.34. The first-order valence-electron chi connectivity index (χ1n) is 8.55. The molecule has 2 aliphatic heterocycles. The van der Waals surface area contributed by atoms with Crippen molar-refractivity contribution in [2.24, 2.45) is 0 Å². The molecule has 1 amide bonds. The number of hydrogen-bond acceptors (Lipinski definition) is 1. The topological polar surface area (TPSA) is 24.8 Å². The Morgan fingerprint density at radius 2 is 1.96 bits per heavy atom. The van der Waals surface area contributed by atoms with Crippen molar-refractivity contribution in [2.45, 2.75) is 25.3 Å². The van der Waals surface area contributed by atoms with Gasteiger partial charge in [0.15, 0.2) is 0 Å². The van der Waals surface area contributed by atoms with Crippen LogP contribution in [0.4, 0.5) is 5.69 Å². The van der Waals surface area contributed by atoms with Crippen molar-refractivity contribution in [3.05, 3.63) is 63.6 Å². The van der Waals surface area contributed by atoms with Gasteiger partial charge in [0.05, 0.1) is 32.1 Å². The van der Waals surface area contributed by atoms with Crippen LogP contribution in [0.3, 0.4) is 0 Å². The molecule has 0 aliphatic carbocycles. The predicted octanol–water partition coefficient (Wildman–Crippen LogP) is 2.79. The van der Waals surface area contributed by atoms with Crippen LogP contribution in [-0.4, -0.2) is 32.1 Å². The second-order valence-electron chi connectivity index (χ2n) is 7.12. The van der Waals surface area contributed by atoms with Crippen molar-refractivity contribution in [1.82, 2.24) is 0 Å². The monoisotopic (exact) mass is 385 g/mol. The molecule has 2 aromatic carbocycles. The van der Waals surface area contributed by atoms with Crippen molar-refractivity contribution in [2.75, 3.05) is 25.0 Å². The summed E-state index contributed by atoms with van der Waals surface area (Å²) in [5, 5.41) is 0. The van der Waals surface area contributed by atoms with E-state index in [4.69, 9.17) is 0 Å². The highest BCUT2D eigenvalue weighted by Crippen LogP contribution is 2.43. The second-order valence-corrected chi connectivity index (χ2v) is 8.03. The molecule has 1 fully saturated rings. The Morgan fingerprint density at radius 1 is 1.21 bits per heavy atom. The number of likely N-dealkylation sites (N-methyl/N-ethyl adjacent to an activating group) is 1. The van der Waals surface area contributed by atoms with Crippen LogP contribution in [0.15, 0.2) is 46.9 Å². The third-order valence-corrected chi connectivity index (χ3v) is 5.91. The van der Waals surface area contributed by atoms with Crippen LogP contribution in [0.5, 0.6) is 0 Å². The quantitative estimate of drug-likeness (QED) is 0.801. The fourth-order valence-corrected chi connectivity index (χ4v) is 4.46. The van der Waals surface area contributed by atoms with Crippen molar-refractivity contribution in [3.8, 4) is 0 Å². The van der Waals surface area contributed by atoms with E-state index in [-0.39, 0.29) is 5.91 Å². The minimum absolute atomic E-state index is 0.125. The molecule has 0 radical (unpaired) electrons. The normalized spacial score (nSPS) is 25.3. The van der Waals surface area contributed by atoms with E-state index in [9.17, 15) is 4.79 Å². The number of rotatable bonds is 1. The van der Waals surface area contributed by atoms with E-state index in [1.165, 1.54) is 11.1 Å². The van der Waals surface area contributed by atoms with Gasteiger partial charge in [-0.3, -0.25) is 4.79 Å². The van der Waals surface area contributed by atoms with Crippen molar-refractivity contribution < 1.29 is 9.69 Å². The van der Waals surface area contributed by atoms with Crippen molar-refractivity contribution in [1.29, 1.82) is 0 Å². The molecular weight excluding hydrogens is 364 g/mol. The lowest BCUT2D eigenvalue weighted by atomic mass is 9.88. The highest BCUT2D eigenvalue weighted by atomic mass is 79.9. The zero-order valence-corrected chi connectivity index (χ0v) is 15.6. The van der Waals surface area contributed by atoms with Crippen molar-refractivity contribution in [3.63, 3.8) is 0 Å². The fourth-order valence-electron chi connectivity index (χ4n) is 4.20. The molecule has 1 N–H and O–H groups in total. The van der Waals surface area contributed by atoms with Gasteiger partial charge in [0.25, 0.3) is 5.91 Å². The van der Waals surface area contributed by atoms with Gasteiger partial charge in [-0.05, 0) is 42.8 Å². The summed E-state index contributed by atoms with van der Waals surface area (Å²) >= 11 is 3.45. The molecule has 0 saturated carbocycles. The Morgan fingerprint density at radius 3 is 2.71 bits per heavy atom. The van der Waals surface area contributed by atoms with E-state index >= 15 is 0 Å². The molecule has 3 atom stereocenters. The number of quaternary nitrogens is 1. The molecule has 4 heteroatoms. The van der Waals surface area contributed by atoms with Gasteiger partial charge in [-0.2, -0.15) is 0 Å². The molecule has 0 bridgehead atoms. The number of nitrogens with one attached hydrogen (secondary N) is 1. The summed E-state index contributed by atoms with van der Waals surface area (Å²) in [5.41, 5.74) is 4.49. The number of likely N-dealkylation sites (tertiary alicyclic amines) is 1. The van der Waals surface area contributed by atoms with E-state index in [1.807, 2.05) is 24.3 Å². The SMILES string of the molecule is Cc1ccc2c(c1)[C@@H]1C[NH+](C)CC[C@@H]1N2C(=O)c1ccc(Br)cc1. The van der Waals surface area contributed by atoms with E-state index < -0.39 is 0 Å². The van der Waals surface area contributed by atoms with Crippen LogP contribution in [0.25, 0.3) is 0 Å². The number of anilines is 1. The van der Waals surface area contributed by atoms with E-state index in [0.29, 0.717) is 12.0 Å². The Hall–Kier alpha value is -1.65. The van der Waals surface area contributed by atoms with Gasteiger partial charge in [0.2, 0.25) is 0 Å². The number of amides is 1. The zero-order valence-electron chi connectivity index (χ0n) is 14.1. The highest BCUT2D eigenvalue weighted by molar-refractivity contribution is 9.10. The number of fused-ring (bicyclic) bond motifs is 3. The predicted molar refractivity (Wildman–Crippen MR) is 99.9 cm³/mol. The average Bonchev–Trinajstić information content (AvgIpc) is 2.88. The number of nitrogens with zero attached hydrogens (tertiary/aromatic N) is 1. The summed E-state index contributed by atoms with van der Waals surface area (Å²) in [5.74, 6) is 0.577. The summed E-state index contributed by atoms with van der Waals surface area (Å²) in [7, 11) is 2.25. The summed E-state index contributed by atoms with van der Waals surface area (Å²) in [4.78, 5) is 16.9. The van der Waals surface area contributed by atoms with Crippen LogP contribution in [0.1, 0.15) is 33.8 Å². The maximum Gasteiger partial charge on any atom is 0.258 e. The smallest absolute Gasteiger partial charge is 0.258 e. The highest BCUT2D eigenvalue weighted by Gasteiger charge is 2.45. The van der Waals surface area contributed by atoms with Gasteiger partial charge in [-0.15, -0.1) is 0 Å².